The molecule has 168 valence electrons. The van der Waals surface area contributed by atoms with Crippen LogP contribution in [0.25, 0.3) is 0 Å². The Hall–Kier alpha value is -2.91. The van der Waals surface area contributed by atoms with Crippen LogP contribution in [0.1, 0.15) is 32.8 Å². The molecule has 0 unspecified atom stereocenters. The minimum Gasteiger partial charge on any atom is -0.496 e. The predicted molar refractivity (Wildman–Crippen MR) is 117 cm³/mol. The lowest BCUT2D eigenvalue weighted by atomic mass is 10.1. The summed E-state index contributed by atoms with van der Waals surface area (Å²) < 4.78 is 37.2. The minimum atomic E-state index is -3.61. The van der Waals surface area contributed by atoms with Gasteiger partial charge in [0.25, 0.3) is 5.91 Å². The van der Waals surface area contributed by atoms with Crippen molar-refractivity contribution in [2.45, 2.75) is 50.7 Å². The maximum absolute atomic E-state index is 12.3. The van der Waals surface area contributed by atoms with Crippen molar-refractivity contribution in [2.24, 2.45) is 0 Å². The third kappa shape index (κ3) is 7.37. The number of anilines is 1. The summed E-state index contributed by atoms with van der Waals surface area (Å²) in [5.41, 5.74) is 1.27. The highest BCUT2D eigenvalue weighted by Crippen LogP contribution is 2.19. The van der Waals surface area contributed by atoms with E-state index in [2.05, 4.69) is 10.0 Å². The Bertz CT molecular complexity index is 1000. The van der Waals surface area contributed by atoms with Crippen LogP contribution >= 0.6 is 0 Å². The number of nitrogens with one attached hydrogen (secondary N) is 2. The van der Waals surface area contributed by atoms with Gasteiger partial charge in [0.15, 0.2) is 6.10 Å². The second-order valence-electron chi connectivity index (χ2n) is 7.23. The number of aryl methyl sites for hydroxylation is 1. The summed E-state index contributed by atoms with van der Waals surface area (Å²) in [6.45, 7) is 4.93. The van der Waals surface area contributed by atoms with Gasteiger partial charge in [0.2, 0.25) is 10.0 Å². The molecule has 0 aliphatic heterocycles. The smallest absolute Gasteiger partial charge is 0.306 e. The van der Waals surface area contributed by atoms with Gasteiger partial charge in [-0.25, -0.2) is 13.1 Å². The van der Waals surface area contributed by atoms with Crippen LogP contribution in [-0.2, 0) is 30.8 Å². The Labute approximate surface area is 183 Å². The minimum absolute atomic E-state index is 0.0926. The molecule has 0 spiro atoms. The highest BCUT2D eigenvalue weighted by molar-refractivity contribution is 7.89. The van der Waals surface area contributed by atoms with E-state index in [0.29, 0.717) is 17.9 Å². The largest absolute Gasteiger partial charge is 0.496 e. The van der Waals surface area contributed by atoms with Gasteiger partial charge < -0.3 is 14.8 Å². The van der Waals surface area contributed by atoms with E-state index in [1.807, 2.05) is 24.3 Å². The van der Waals surface area contributed by atoms with E-state index in [1.54, 1.807) is 21.0 Å². The lowest BCUT2D eigenvalue weighted by Crippen LogP contribution is -2.30. The van der Waals surface area contributed by atoms with E-state index in [0.717, 1.165) is 5.56 Å². The predicted octanol–water partition coefficient (Wildman–Crippen LogP) is 2.88. The van der Waals surface area contributed by atoms with Crippen LogP contribution in [0.5, 0.6) is 5.75 Å². The number of methoxy groups -OCH3 is 1. The van der Waals surface area contributed by atoms with Crippen LogP contribution in [0.2, 0.25) is 0 Å². The zero-order valence-corrected chi connectivity index (χ0v) is 18.9. The van der Waals surface area contributed by atoms with E-state index in [4.69, 9.17) is 9.47 Å². The van der Waals surface area contributed by atoms with Crippen LogP contribution in [0, 0.1) is 0 Å². The maximum Gasteiger partial charge on any atom is 0.306 e. The molecule has 31 heavy (non-hydrogen) atoms. The molecule has 2 aromatic carbocycles. The van der Waals surface area contributed by atoms with Crippen molar-refractivity contribution in [2.75, 3.05) is 12.4 Å². The molecule has 2 N–H and O–H groups in total. The van der Waals surface area contributed by atoms with Gasteiger partial charge in [-0.1, -0.05) is 18.2 Å². The van der Waals surface area contributed by atoms with E-state index in [1.165, 1.54) is 31.2 Å². The van der Waals surface area contributed by atoms with Crippen molar-refractivity contribution < 1.29 is 27.5 Å². The van der Waals surface area contributed by atoms with Crippen molar-refractivity contribution in [1.82, 2.24) is 4.72 Å². The topological polar surface area (TPSA) is 111 Å². The van der Waals surface area contributed by atoms with Crippen molar-refractivity contribution in [1.29, 1.82) is 0 Å². The first-order chi connectivity index (χ1) is 14.6. The fourth-order valence-corrected chi connectivity index (χ4v) is 4.05. The van der Waals surface area contributed by atoms with Gasteiger partial charge in [-0.15, -0.1) is 0 Å². The summed E-state index contributed by atoms with van der Waals surface area (Å²) in [6.07, 6.45) is -0.471. The second-order valence-corrected chi connectivity index (χ2v) is 8.95. The summed E-state index contributed by atoms with van der Waals surface area (Å²) >= 11 is 0. The quantitative estimate of drug-likeness (QED) is 0.541. The van der Waals surface area contributed by atoms with E-state index in [-0.39, 0.29) is 17.4 Å². The number of ether oxygens (including phenoxy) is 2. The molecule has 0 fully saturated rings. The van der Waals surface area contributed by atoms with Crippen molar-refractivity contribution in [3.8, 4) is 5.75 Å². The summed E-state index contributed by atoms with van der Waals surface area (Å²) in [6, 6.07) is 12.9. The highest BCUT2D eigenvalue weighted by atomic mass is 32.2. The number of esters is 1. The standard InChI is InChI=1S/C22H28N2O6S/c1-15(2)24-31(27,28)19-12-10-18(11-13-19)23-22(26)16(3)30-21(25)14-9-17-7-5-6-8-20(17)29-4/h5-8,10-13,15-16,24H,9,14H2,1-4H3,(H,23,26)/t16-/m1/s1. The fourth-order valence-electron chi connectivity index (χ4n) is 2.80. The van der Waals surface area contributed by atoms with E-state index < -0.39 is 28.0 Å². The maximum atomic E-state index is 12.3. The van der Waals surface area contributed by atoms with Crippen molar-refractivity contribution >= 4 is 27.6 Å². The van der Waals surface area contributed by atoms with Gasteiger partial charge in [-0.2, -0.15) is 0 Å². The molecule has 9 heteroatoms. The summed E-state index contributed by atoms with van der Waals surface area (Å²) in [5.74, 6) is -0.327. The number of rotatable bonds is 10. The van der Waals surface area contributed by atoms with Crippen LogP contribution in [0.4, 0.5) is 5.69 Å². The van der Waals surface area contributed by atoms with Gasteiger partial charge in [0.1, 0.15) is 5.75 Å². The molecule has 2 aromatic rings. The van der Waals surface area contributed by atoms with Gasteiger partial charge in [-0.05, 0) is 63.1 Å². The molecule has 0 aromatic heterocycles. The Kier molecular flexibility index (Phi) is 8.58. The molecule has 0 saturated heterocycles. The van der Waals surface area contributed by atoms with E-state index in [9.17, 15) is 18.0 Å². The molecule has 0 heterocycles. The second kappa shape index (κ2) is 10.9. The zero-order chi connectivity index (χ0) is 23.0. The summed E-state index contributed by atoms with van der Waals surface area (Å²) in [7, 11) is -2.05. The first-order valence-electron chi connectivity index (χ1n) is 9.87. The molecule has 0 bridgehead atoms. The molecule has 0 saturated carbocycles. The Balaban J connectivity index is 1.88. The molecule has 8 nitrogen and oxygen atoms in total. The Morgan fingerprint density at radius 1 is 1.00 bits per heavy atom. The van der Waals surface area contributed by atoms with Crippen molar-refractivity contribution in [3.05, 3.63) is 54.1 Å². The molecule has 0 radical (unpaired) electrons. The normalized spacial score (nSPS) is 12.3. The average Bonchev–Trinajstić information content (AvgIpc) is 2.71. The molecule has 1 amide bonds. The first-order valence-corrected chi connectivity index (χ1v) is 11.4. The Morgan fingerprint density at radius 2 is 1.65 bits per heavy atom. The third-order valence-corrected chi connectivity index (χ3v) is 5.97. The lowest BCUT2D eigenvalue weighted by molar-refractivity contribution is -0.153. The van der Waals surface area contributed by atoms with Gasteiger partial charge in [0, 0.05) is 18.2 Å². The monoisotopic (exact) mass is 448 g/mol. The van der Waals surface area contributed by atoms with Crippen molar-refractivity contribution in [3.63, 3.8) is 0 Å². The number of para-hydroxylation sites is 1. The molecular formula is C22H28N2O6S. The third-order valence-electron chi connectivity index (χ3n) is 4.29. The SMILES string of the molecule is COc1ccccc1CCC(=O)O[C@H](C)C(=O)Nc1ccc(S(=O)(=O)NC(C)C)cc1. The molecule has 0 aliphatic carbocycles. The average molecular weight is 449 g/mol. The van der Waals surface area contributed by atoms with Gasteiger partial charge >= 0.3 is 5.97 Å². The molecule has 2 rings (SSSR count). The van der Waals surface area contributed by atoms with Crippen LogP contribution in [0.15, 0.2) is 53.4 Å². The Morgan fingerprint density at radius 3 is 2.26 bits per heavy atom. The van der Waals surface area contributed by atoms with Crippen LogP contribution in [-0.4, -0.2) is 39.5 Å². The number of hydrogen-bond acceptors (Lipinski definition) is 6. The number of carbonyl (C=O) groups excluding carboxylic acids is 2. The molecule has 0 aliphatic rings. The van der Waals surface area contributed by atoms with Crippen LogP contribution < -0.4 is 14.8 Å². The first kappa shape index (κ1) is 24.4. The fraction of sp³-hybridized carbons (Fsp3) is 0.364. The number of hydrogen-bond donors (Lipinski definition) is 2. The van der Waals surface area contributed by atoms with Gasteiger partial charge in [-0.3, -0.25) is 9.59 Å². The molecule has 1 atom stereocenters. The van der Waals surface area contributed by atoms with Crippen LogP contribution in [0.3, 0.4) is 0 Å². The number of carbonyl (C=O) groups is 2. The number of amides is 1. The lowest BCUT2D eigenvalue weighted by Gasteiger charge is -2.14. The molecular weight excluding hydrogens is 420 g/mol. The zero-order valence-electron chi connectivity index (χ0n) is 18.0. The van der Waals surface area contributed by atoms with Gasteiger partial charge in [0.05, 0.1) is 12.0 Å². The number of benzene rings is 2. The summed E-state index contributed by atoms with van der Waals surface area (Å²) in [5, 5.41) is 2.61. The highest BCUT2D eigenvalue weighted by Gasteiger charge is 2.19. The number of sulfonamides is 1. The summed E-state index contributed by atoms with van der Waals surface area (Å²) in [4.78, 5) is 24.5. The van der Waals surface area contributed by atoms with E-state index >= 15 is 0 Å².